The predicted octanol–water partition coefficient (Wildman–Crippen LogP) is 1.57. The Morgan fingerprint density at radius 2 is 2.00 bits per heavy atom. The van der Waals surface area contributed by atoms with Crippen LogP contribution in [0.1, 0.15) is 16.1 Å². The number of piperazine rings is 1. The van der Waals surface area contributed by atoms with E-state index in [0.717, 1.165) is 35.6 Å². The fourth-order valence-electron chi connectivity index (χ4n) is 3.46. The minimum absolute atomic E-state index is 0.0883. The van der Waals surface area contributed by atoms with Crippen LogP contribution in [0, 0.1) is 6.92 Å². The molecular weight excluding hydrogens is 304 g/mol. The SMILES string of the molecule is Cc1cccc2cc(C(=O)N3CCN(c4ncn[nH]4)CC3)n(C)c12. The maximum atomic E-state index is 12.9. The van der Waals surface area contributed by atoms with Gasteiger partial charge in [0.2, 0.25) is 5.95 Å². The highest BCUT2D eigenvalue weighted by molar-refractivity contribution is 5.99. The predicted molar refractivity (Wildman–Crippen MR) is 92.2 cm³/mol. The van der Waals surface area contributed by atoms with Crippen LogP contribution in [0.5, 0.6) is 0 Å². The van der Waals surface area contributed by atoms with Crippen molar-refractivity contribution in [2.75, 3.05) is 31.1 Å². The molecule has 2 aromatic heterocycles. The second kappa shape index (κ2) is 5.67. The Balaban J connectivity index is 1.55. The highest BCUT2D eigenvalue weighted by Gasteiger charge is 2.25. The zero-order valence-electron chi connectivity index (χ0n) is 13.9. The van der Waals surface area contributed by atoms with Crippen LogP contribution in [0.2, 0.25) is 0 Å². The second-order valence-electron chi connectivity index (χ2n) is 6.19. The Kier molecular flexibility index (Phi) is 3.48. The van der Waals surface area contributed by atoms with Crippen LogP contribution in [-0.4, -0.2) is 56.7 Å². The minimum Gasteiger partial charge on any atom is -0.339 e. The number of carbonyl (C=O) groups is 1. The molecule has 1 aromatic carbocycles. The summed E-state index contributed by atoms with van der Waals surface area (Å²) in [4.78, 5) is 21.1. The first-order chi connectivity index (χ1) is 11.6. The number of aromatic amines is 1. The average Bonchev–Trinajstić information content (AvgIpc) is 3.23. The number of carbonyl (C=O) groups excluding carboxylic acids is 1. The molecule has 0 saturated carbocycles. The Hall–Kier alpha value is -2.83. The number of amides is 1. The number of nitrogens with one attached hydrogen (secondary N) is 1. The number of hydrogen-bond donors (Lipinski definition) is 1. The van der Waals surface area contributed by atoms with E-state index in [0.29, 0.717) is 13.1 Å². The molecule has 1 saturated heterocycles. The molecule has 7 heteroatoms. The fraction of sp³-hybridized carbons (Fsp3) is 0.353. The Morgan fingerprint density at radius 3 is 2.67 bits per heavy atom. The summed E-state index contributed by atoms with van der Waals surface area (Å²) in [5.74, 6) is 0.854. The van der Waals surface area contributed by atoms with Crippen molar-refractivity contribution in [3.63, 3.8) is 0 Å². The van der Waals surface area contributed by atoms with Gasteiger partial charge in [-0.15, -0.1) is 0 Å². The lowest BCUT2D eigenvalue weighted by atomic mass is 10.2. The zero-order chi connectivity index (χ0) is 16.7. The highest BCUT2D eigenvalue weighted by atomic mass is 16.2. The molecule has 0 bridgehead atoms. The van der Waals surface area contributed by atoms with Crippen LogP contribution in [0.3, 0.4) is 0 Å². The van der Waals surface area contributed by atoms with Gasteiger partial charge in [0.25, 0.3) is 5.91 Å². The van der Waals surface area contributed by atoms with Gasteiger partial charge < -0.3 is 14.4 Å². The van der Waals surface area contributed by atoms with Gasteiger partial charge in [-0.1, -0.05) is 18.2 Å². The minimum atomic E-state index is 0.0883. The van der Waals surface area contributed by atoms with E-state index >= 15 is 0 Å². The molecule has 0 unspecified atom stereocenters. The number of hydrogen-bond acceptors (Lipinski definition) is 4. The quantitative estimate of drug-likeness (QED) is 0.777. The van der Waals surface area contributed by atoms with Gasteiger partial charge in [0.15, 0.2) is 0 Å². The third kappa shape index (κ3) is 2.33. The van der Waals surface area contributed by atoms with E-state index in [4.69, 9.17) is 0 Å². The number of aryl methyl sites for hydroxylation is 2. The van der Waals surface area contributed by atoms with Gasteiger partial charge in [0.05, 0.1) is 5.52 Å². The van der Waals surface area contributed by atoms with Crippen LogP contribution in [0.4, 0.5) is 5.95 Å². The topological polar surface area (TPSA) is 70.1 Å². The van der Waals surface area contributed by atoms with E-state index in [9.17, 15) is 4.79 Å². The van der Waals surface area contributed by atoms with E-state index in [2.05, 4.69) is 39.1 Å². The number of fused-ring (bicyclic) bond motifs is 1. The van der Waals surface area contributed by atoms with Gasteiger partial charge >= 0.3 is 0 Å². The Morgan fingerprint density at radius 1 is 1.21 bits per heavy atom. The number of rotatable bonds is 2. The number of nitrogens with zero attached hydrogens (tertiary/aromatic N) is 5. The van der Waals surface area contributed by atoms with E-state index in [-0.39, 0.29) is 5.91 Å². The first-order valence-electron chi connectivity index (χ1n) is 8.10. The molecule has 3 aromatic rings. The molecule has 24 heavy (non-hydrogen) atoms. The number of H-pyrrole nitrogens is 1. The molecule has 1 fully saturated rings. The van der Waals surface area contributed by atoms with Crippen LogP contribution in [0.15, 0.2) is 30.6 Å². The van der Waals surface area contributed by atoms with Gasteiger partial charge in [-0.05, 0) is 18.6 Å². The van der Waals surface area contributed by atoms with Gasteiger partial charge in [-0.25, -0.2) is 5.10 Å². The number of para-hydroxylation sites is 1. The maximum absolute atomic E-state index is 12.9. The molecule has 0 atom stereocenters. The molecule has 1 N–H and O–H groups in total. The number of benzene rings is 1. The first-order valence-corrected chi connectivity index (χ1v) is 8.10. The largest absolute Gasteiger partial charge is 0.339 e. The molecule has 124 valence electrons. The molecule has 0 radical (unpaired) electrons. The molecule has 4 rings (SSSR count). The monoisotopic (exact) mass is 324 g/mol. The van der Waals surface area contributed by atoms with E-state index in [1.54, 1.807) is 0 Å². The average molecular weight is 324 g/mol. The smallest absolute Gasteiger partial charge is 0.270 e. The summed E-state index contributed by atoms with van der Waals surface area (Å²) < 4.78 is 2.01. The molecule has 1 aliphatic rings. The first kappa shape index (κ1) is 14.7. The van der Waals surface area contributed by atoms with Crippen molar-refractivity contribution >= 4 is 22.8 Å². The molecule has 0 spiro atoms. The maximum Gasteiger partial charge on any atom is 0.270 e. The van der Waals surface area contributed by atoms with Gasteiger partial charge in [0, 0.05) is 38.6 Å². The fourth-order valence-corrected chi connectivity index (χ4v) is 3.46. The summed E-state index contributed by atoms with van der Waals surface area (Å²) in [6, 6.07) is 8.16. The Bertz CT molecular complexity index is 874. The molecule has 0 aliphatic carbocycles. The summed E-state index contributed by atoms with van der Waals surface area (Å²) >= 11 is 0. The summed E-state index contributed by atoms with van der Waals surface area (Å²) in [5, 5.41) is 7.87. The van der Waals surface area contributed by atoms with Gasteiger partial charge in [-0.3, -0.25) is 4.79 Å². The van der Waals surface area contributed by atoms with Crippen molar-refractivity contribution in [1.82, 2.24) is 24.6 Å². The highest BCUT2D eigenvalue weighted by Crippen LogP contribution is 2.23. The summed E-state index contributed by atoms with van der Waals surface area (Å²) in [6.07, 6.45) is 1.50. The third-order valence-corrected chi connectivity index (χ3v) is 4.75. The van der Waals surface area contributed by atoms with E-state index in [1.165, 1.54) is 11.9 Å². The lowest BCUT2D eigenvalue weighted by Crippen LogP contribution is -2.49. The van der Waals surface area contributed by atoms with Crippen LogP contribution < -0.4 is 4.90 Å². The number of anilines is 1. The van der Waals surface area contributed by atoms with Gasteiger partial charge in [0.1, 0.15) is 12.0 Å². The number of aromatic nitrogens is 4. The van der Waals surface area contributed by atoms with Crippen molar-refractivity contribution in [1.29, 1.82) is 0 Å². The van der Waals surface area contributed by atoms with E-state index in [1.807, 2.05) is 28.6 Å². The summed E-state index contributed by atoms with van der Waals surface area (Å²) in [7, 11) is 1.97. The lowest BCUT2D eigenvalue weighted by Gasteiger charge is -2.34. The van der Waals surface area contributed by atoms with Crippen molar-refractivity contribution < 1.29 is 4.79 Å². The standard InChI is InChI=1S/C17H20N6O/c1-12-4-3-5-13-10-14(21(2)15(12)13)16(24)22-6-8-23(9-7-22)17-18-11-19-20-17/h3-5,10-11H,6-9H2,1-2H3,(H,18,19,20). The molecule has 1 amide bonds. The summed E-state index contributed by atoms with van der Waals surface area (Å²) in [6.45, 7) is 4.95. The van der Waals surface area contributed by atoms with E-state index < -0.39 is 0 Å². The molecular formula is C17H20N6O. The van der Waals surface area contributed by atoms with Crippen LogP contribution >= 0.6 is 0 Å². The molecule has 7 nitrogen and oxygen atoms in total. The van der Waals surface area contributed by atoms with Crippen LogP contribution in [-0.2, 0) is 7.05 Å². The molecule has 1 aliphatic heterocycles. The Labute approximate surface area is 139 Å². The van der Waals surface area contributed by atoms with Crippen molar-refractivity contribution in [3.05, 3.63) is 41.9 Å². The van der Waals surface area contributed by atoms with Crippen LogP contribution in [0.25, 0.3) is 10.9 Å². The van der Waals surface area contributed by atoms with Crippen molar-refractivity contribution in [3.8, 4) is 0 Å². The molecule has 3 heterocycles. The lowest BCUT2D eigenvalue weighted by molar-refractivity contribution is 0.0737. The summed E-state index contributed by atoms with van der Waals surface area (Å²) in [5.41, 5.74) is 3.05. The third-order valence-electron chi connectivity index (χ3n) is 4.75. The zero-order valence-corrected chi connectivity index (χ0v) is 13.9. The van der Waals surface area contributed by atoms with Crippen molar-refractivity contribution in [2.24, 2.45) is 7.05 Å². The van der Waals surface area contributed by atoms with Crippen molar-refractivity contribution in [2.45, 2.75) is 6.92 Å². The van der Waals surface area contributed by atoms with Gasteiger partial charge in [-0.2, -0.15) is 10.1 Å². The normalized spacial score (nSPS) is 15.2. The second-order valence-corrected chi connectivity index (χ2v) is 6.19.